The average molecular weight is 267 g/mol. The smallest absolute Gasteiger partial charge is 0.0239 e. The van der Waals surface area contributed by atoms with Crippen molar-refractivity contribution < 1.29 is 0 Å². The zero-order valence-electron chi connectivity index (χ0n) is 14.4. The molecule has 0 spiro atoms. The molecule has 114 valence electrons. The van der Waals surface area contributed by atoms with E-state index in [2.05, 4.69) is 54.2 Å². The SMILES string of the molecule is C=CC(CC)CCC(CC)C(C)C(C)C(CC)CC. The van der Waals surface area contributed by atoms with Crippen LogP contribution in [0.4, 0.5) is 0 Å². The van der Waals surface area contributed by atoms with Crippen molar-refractivity contribution in [1.29, 1.82) is 0 Å². The van der Waals surface area contributed by atoms with E-state index < -0.39 is 0 Å². The fourth-order valence-electron chi connectivity index (χ4n) is 3.65. The number of allylic oxidation sites excluding steroid dienone is 1. The third kappa shape index (κ3) is 6.15. The van der Waals surface area contributed by atoms with Crippen LogP contribution < -0.4 is 0 Å². The lowest BCUT2D eigenvalue weighted by Crippen LogP contribution is -2.25. The molecule has 0 saturated carbocycles. The summed E-state index contributed by atoms with van der Waals surface area (Å²) in [5, 5.41) is 0. The van der Waals surface area contributed by atoms with Gasteiger partial charge in [0.25, 0.3) is 0 Å². The van der Waals surface area contributed by atoms with Crippen molar-refractivity contribution in [3.63, 3.8) is 0 Å². The van der Waals surface area contributed by atoms with E-state index in [0.29, 0.717) is 0 Å². The first-order valence-corrected chi connectivity index (χ1v) is 8.67. The van der Waals surface area contributed by atoms with Crippen LogP contribution in [0.2, 0.25) is 0 Å². The summed E-state index contributed by atoms with van der Waals surface area (Å²) in [4.78, 5) is 0. The second kappa shape index (κ2) is 10.5. The normalized spacial score (nSPS) is 18.1. The van der Waals surface area contributed by atoms with E-state index in [1.54, 1.807) is 0 Å². The lowest BCUT2D eigenvalue weighted by Gasteiger charge is -2.33. The third-order valence-corrected chi connectivity index (χ3v) is 5.66. The molecular weight excluding hydrogens is 228 g/mol. The fourth-order valence-corrected chi connectivity index (χ4v) is 3.65. The Balaban J connectivity index is 4.45. The average Bonchev–Trinajstić information content (AvgIpc) is 2.44. The Morgan fingerprint density at radius 3 is 1.58 bits per heavy atom. The van der Waals surface area contributed by atoms with E-state index in [-0.39, 0.29) is 0 Å². The van der Waals surface area contributed by atoms with Crippen LogP contribution in [0, 0.1) is 29.6 Å². The van der Waals surface area contributed by atoms with E-state index in [0.717, 1.165) is 29.6 Å². The molecular formula is C19H38. The van der Waals surface area contributed by atoms with Crippen molar-refractivity contribution >= 4 is 0 Å². The maximum atomic E-state index is 3.97. The second-order valence-electron chi connectivity index (χ2n) is 6.44. The highest BCUT2D eigenvalue weighted by Crippen LogP contribution is 2.35. The third-order valence-electron chi connectivity index (χ3n) is 5.66. The molecule has 0 rings (SSSR count). The van der Waals surface area contributed by atoms with Crippen LogP contribution in [-0.4, -0.2) is 0 Å². The molecule has 0 aromatic rings. The van der Waals surface area contributed by atoms with Crippen LogP contribution in [0.3, 0.4) is 0 Å². The summed E-state index contributed by atoms with van der Waals surface area (Å²) in [6, 6.07) is 0. The maximum absolute atomic E-state index is 3.97. The van der Waals surface area contributed by atoms with Gasteiger partial charge in [0, 0.05) is 0 Å². The van der Waals surface area contributed by atoms with Gasteiger partial charge < -0.3 is 0 Å². The number of rotatable bonds is 11. The van der Waals surface area contributed by atoms with Gasteiger partial charge in [0.2, 0.25) is 0 Å². The highest BCUT2D eigenvalue weighted by Gasteiger charge is 2.26. The molecule has 0 bridgehead atoms. The largest absolute Gasteiger partial charge is 0.103 e. The summed E-state index contributed by atoms with van der Waals surface area (Å²) in [5.74, 6) is 4.25. The zero-order chi connectivity index (χ0) is 14.8. The summed E-state index contributed by atoms with van der Waals surface area (Å²) in [6.07, 6.45) is 10.1. The maximum Gasteiger partial charge on any atom is -0.0239 e. The zero-order valence-corrected chi connectivity index (χ0v) is 14.4. The van der Waals surface area contributed by atoms with Gasteiger partial charge in [-0.2, -0.15) is 0 Å². The first kappa shape index (κ1) is 18.7. The Bertz CT molecular complexity index is 214. The molecule has 0 heterocycles. The van der Waals surface area contributed by atoms with Gasteiger partial charge in [-0.25, -0.2) is 0 Å². The van der Waals surface area contributed by atoms with Gasteiger partial charge in [0.05, 0.1) is 0 Å². The number of hydrogen-bond donors (Lipinski definition) is 0. The summed E-state index contributed by atoms with van der Waals surface area (Å²) in [7, 11) is 0. The molecule has 4 atom stereocenters. The second-order valence-corrected chi connectivity index (χ2v) is 6.44. The first-order chi connectivity index (χ1) is 9.05. The van der Waals surface area contributed by atoms with Gasteiger partial charge in [0.15, 0.2) is 0 Å². The van der Waals surface area contributed by atoms with Crippen molar-refractivity contribution in [2.75, 3.05) is 0 Å². The summed E-state index contributed by atoms with van der Waals surface area (Å²) < 4.78 is 0. The van der Waals surface area contributed by atoms with Crippen molar-refractivity contribution in [2.45, 2.75) is 80.1 Å². The molecule has 0 aromatic heterocycles. The molecule has 0 saturated heterocycles. The minimum absolute atomic E-state index is 0.727. The van der Waals surface area contributed by atoms with Crippen LogP contribution in [-0.2, 0) is 0 Å². The molecule has 0 aliphatic heterocycles. The topological polar surface area (TPSA) is 0 Å². The summed E-state index contributed by atoms with van der Waals surface area (Å²) in [6.45, 7) is 18.3. The van der Waals surface area contributed by atoms with Gasteiger partial charge in [-0.15, -0.1) is 6.58 Å². The molecule has 0 aromatic carbocycles. The van der Waals surface area contributed by atoms with Crippen molar-refractivity contribution in [3.8, 4) is 0 Å². The Hall–Kier alpha value is -0.260. The Morgan fingerprint density at radius 2 is 1.21 bits per heavy atom. The standard InChI is InChI=1S/C19H38/c1-8-17(9-2)13-14-19(12-5)16(7)15(6)18(10-3)11-4/h8,15-19H,1,9-14H2,2-7H3. The molecule has 0 fully saturated rings. The van der Waals surface area contributed by atoms with E-state index >= 15 is 0 Å². The summed E-state index contributed by atoms with van der Waals surface area (Å²) >= 11 is 0. The quantitative estimate of drug-likeness (QED) is 0.364. The van der Waals surface area contributed by atoms with Crippen molar-refractivity contribution in [3.05, 3.63) is 12.7 Å². The van der Waals surface area contributed by atoms with Gasteiger partial charge >= 0.3 is 0 Å². The van der Waals surface area contributed by atoms with E-state index in [1.165, 1.54) is 38.5 Å². The molecule has 0 aliphatic rings. The molecule has 0 amide bonds. The molecule has 0 N–H and O–H groups in total. The lowest BCUT2D eigenvalue weighted by atomic mass is 9.72. The molecule has 4 unspecified atom stereocenters. The molecule has 19 heavy (non-hydrogen) atoms. The van der Waals surface area contributed by atoms with Gasteiger partial charge in [0.1, 0.15) is 0 Å². The monoisotopic (exact) mass is 266 g/mol. The van der Waals surface area contributed by atoms with Gasteiger partial charge in [-0.3, -0.25) is 0 Å². The first-order valence-electron chi connectivity index (χ1n) is 8.67. The molecule has 0 nitrogen and oxygen atoms in total. The fraction of sp³-hybridized carbons (Fsp3) is 0.895. The van der Waals surface area contributed by atoms with Crippen LogP contribution >= 0.6 is 0 Å². The Labute approximate surface area is 123 Å². The van der Waals surface area contributed by atoms with E-state index in [9.17, 15) is 0 Å². The highest BCUT2D eigenvalue weighted by molar-refractivity contribution is 4.81. The summed E-state index contributed by atoms with van der Waals surface area (Å²) in [5.41, 5.74) is 0. The van der Waals surface area contributed by atoms with Crippen LogP contribution in [0.5, 0.6) is 0 Å². The van der Waals surface area contributed by atoms with E-state index in [4.69, 9.17) is 0 Å². The minimum Gasteiger partial charge on any atom is -0.103 e. The van der Waals surface area contributed by atoms with E-state index in [1.807, 2.05) is 0 Å². The molecule has 0 radical (unpaired) electrons. The predicted octanol–water partition coefficient (Wildman–Crippen LogP) is 6.71. The highest BCUT2D eigenvalue weighted by atomic mass is 14.3. The molecule has 0 heteroatoms. The van der Waals surface area contributed by atoms with Gasteiger partial charge in [-0.05, 0) is 48.9 Å². The van der Waals surface area contributed by atoms with Gasteiger partial charge in [-0.1, -0.05) is 66.9 Å². The minimum atomic E-state index is 0.727. The van der Waals surface area contributed by atoms with Crippen molar-refractivity contribution in [1.82, 2.24) is 0 Å². The van der Waals surface area contributed by atoms with Crippen LogP contribution in [0.25, 0.3) is 0 Å². The van der Waals surface area contributed by atoms with Crippen LogP contribution in [0.15, 0.2) is 12.7 Å². The predicted molar refractivity (Wildman–Crippen MR) is 89.4 cm³/mol. The lowest BCUT2D eigenvalue weighted by molar-refractivity contribution is 0.167. The Kier molecular flexibility index (Phi) is 10.4. The van der Waals surface area contributed by atoms with Crippen LogP contribution in [0.1, 0.15) is 80.1 Å². The Morgan fingerprint density at radius 1 is 0.737 bits per heavy atom. The molecule has 0 aliphatic carbocycles. The number of hydrogen-bond acceptors (Lipinski definition) is 0. The van der Waals surface area contributed by atoms with Crippen molar-refractivity contribution in [2.24, 2.45) is 29.6 Å².